The van der Waals surface area contributed by atoms with Crippen molar-refractivity contribution in [2.75, 3.05) is 10.6 Å². The van der Waals surface area contributed by atoms with Crippen molar-refractivity contribution in [3.8, 4) is 0 Å². The highest BCUT2D eigenvalue weighted by molar-refractivity contribution is 6.09. The second-order valence-electron chi connectivity index (χ2n) is 4.08. The van der Waals surface area contributed by atoms with Crippen LogP contribution in [-0.2, 0) is 4.79 Å². The number of amides is 2. The number of nitrogens with one attached hydrogen (secondary N) is 2. The predicted molar refractivity (Wildman–Crippen MR) is 74.1 cm³/mol. The molecule has 0 saturated carbocycles. The van der Waals surface area contributed by atoms with Crippen molar-refractivity contribution in [1.82, 2.24) is 0 Å². The van der Waals surface area contributed by atoms with Gasteiger partial charge in [0.1, 0.15) is 4.92 Å². The first-order valence-corrected chi connectivity index (χ1v) is 5.89. The maximum absolute atomic E-state index is 12.1. The highest BCUT2D eigenvalue weighted by atomic mass is 16.6. The van der Waals surface area contributed by atoms with E-state index in [4.69, 9.17) is 4.42 Å². The minimum absolute atomic E-state index is 0.0515. The van der Waals surface area contributed by atoms with Crippen LogP contribution in [0.5, 0.6) is 0 Å². The van der Waals surface area contributed by atoms with Crippen LogP contribution in [0.15, 0.2) is 40.8 Å². The van der Waals surface area contributed by atoms with E-state index in [1.54, 1.807) is 18.2 Å². The molecule has 0 atom stereocenters. The Morgan fingerprint density at radius 1 is 1.14 bits per heavy atom. The van der Waals surface area contributed by atoms with Crippen molar-refractivity contribution < 1.29 is 18.9 Å². The number of hydrogen-bond acceptors (Lipinski definition) is 5. The van der Waals surface area contributed by atoms with Crippen molar-refractivity contribution in [3.05, 3.63) is 52.1 Å². The summed E-state index contributed by atoms with van der Waals surface area (Å²) in [6, 6.07) is 8.79. The lowest BCUT2D eigenvalue weighted by atomic mass is 10.1. The zero-order chi connectivity index (χ0) is 15.4. The third-order valence-corrected chi connectivity index (χ3v) is 2.49. The summed E-state index contributed by atoms with van der Waals surface area (Å²) in [6.45, 7) is 1.32. The van der Waals surface area contributed by atoms with Gasteiger partial charge in [0, 0.05) is 13.0 Å². The maximum atomic E-state index is 12.1. The molecule has 1 heterocycles. The molecule has 0 saturated heterocycles. The summed E-state index contributed by atoms with van der Waals surface area (Å²) in [7, 11) is 0. The van der Waals surface area contributed by atoms with E-state index in [2.05, 4.69) is 10.6 Å². The molecule has 108 valence electrons. The molecule has 2 N–H and O–H groups in total. The Bertz CT molecular complexity index is 707. The minimum Gasteiger partial charge on any atom is -0.384 e. The Balaban J connectivity index is 2.19. The molecular formula is C13H11N3O5. The van der Waals surface area contributed by atoms with Gasteiger partial charge in [-0.15, -0.1) is 0 Å². The smallest absolute Gasteiger partial charge is 0.384 e. The van der Waals surface area contributed by atoms with E-state index < -0.39 is 16.7 Å². The number of hydrogen-bond donors (Lipinski definition) is 2. The molecule has 1 aromatic heterocycles. The largest absolute Gasteiger partial charge is 0.434 e. The number of carbonyl (C=O) groups is 2. The summed E-state index contributed by atoms with van der Waals surface area (Å²) < 4.78 is 4.84. The van der Waals surface area contributed by atoms with E-state index in [0.717, 1.165) is 6.07 Å². The second-order valence-corrected chi connectivity index (χ2v) is 4.08. The Kier molecular flexibility index (Phi) is 3.98. The average molecular weight is 289 g/mol. The molecular weight excluding hydrogens is 278 g/mol. The minimum atomic E-state index is -0.707. The van der Waals surface area contributed by atoms with Crippen LogP contribution in [0, 0.1) is 10.1 Å². The summed E-state index contributed by atoms with van der Waals surface area (Å²) in [5.74, 6) is -1.39. The van der Waals surface area contributed by atoms with Crippen molar-refractivity contribution in [2.45, 2.75) is 6.92 Å². The molecule has 0 aliphatic rings. The first-order valence-electron chi connectivity index (χ1n) is 5.89. The Morgan fingerprint density at radius 3 is 2.48 bits per heavy atom. The van der Waals surface area contributed by atoms with E-state index in [-0.39, 0.29) is 17.4 Å². The molecule has 0 radical (unpaired) electrons. The van der Waals surface area contributed by atoms with E-state index in [9.17, 15) is 19.7 Å². The van der Waals surface area contributed by atoms with Crippen LogP contribution in [0.3, 0.4) is 0 Å². The van der Waals surface area contributed by atoms with Crippen LogP contribution in [0.4, 0.5) is 17.5 Å². The Labute approximate surface area is 118 Å². The number of anilines is 2. The summed E-state index contributed by atoms with van der Waals surface area (Å²) in [4.78, 5) is 33.0. The molecule has 2 rings (SSSR count). The summed E-state index contributed by atoms with van der Waals surface area (Å²) in [6.07, 6.45) is 0. The number of para-hydroxylation sites is 1. The fourth-order valence-electron chi connectivity index (χ4n) is 1.65. The number of benzene rings is 1. The van der Waals surface area contributed by atoms with Crippen LogP contribution in [0.25, 0.3) is 0 Å². The highest BCUT2D eigenvalue weighted by Gasteiger charge is 2.16. The lowest BCUT2D eigenvalue weighted by Crippen LogP contribution is -2.16. The summed E-state index contributed by atoms with van der Waals surface area (Å²) in [5, 5.41) is 15.4. The van der Waals surface area contributed by atoms with Crippen LogP contribution >= 0.6 is 0 Å². The van der Waals surface area contributed by atoms with Crippen molar-refractivity contribution in [2.24, 2.45) is 0 Å². The van der Waals surface area contributed by atoms with Gasteiger partial charge in [-0.05, 0) is 12.1 Å². The van der Waals surface area contributed by atoms with Crippen molar-refractivity contribution >= 4 is 29.3 Å². The predicted octanol–water partition coefficient (Wildman–Crippen LogP) is 2.40. The Hall–Kier alpha value is -3.16. The number of nitro groups is 1. The van der Waals surface area contributed by atoms with Gasteiger partial charge in [0.2, 0.25) is 11.8 Å². The fraction of sp³-hybridized carbons (Fsp3) is 0.0769. The molecule has 0 spiro atoms. The standard InChI is InChI=1S/C13H11N3O5/c1-8(17)14-10-5-3-2-4-9(10)13(18)15-11-6-7-12(21-11)16(19)20/h2-7H,1H3,(H,14,17)(H,15,18). The first-order chi connectivity index (χ1) is 9.97. The molecule has 0 unspecified atom stereocenters. The highest BCUT2D eigenvalue weighted by Crippen LogP contribution is 2.22. The monoisotopic (exact) mass is 289 g/mol. The Morgan fingerprint density at radius 2 is 1.86 bits per heavy atom. The van der Waals surface area contributed by atoms with E-state index in [1.165, 1.54) is 19.1 Å². The summed E-state index contributed by atoms with van der Waals surface area (Å²) in [5.41, 5.74) is 0.551. The van der Waals surface area contributed by atoms with Crippen LogP contribution in [-0.4, -0.2) is 16.7 Å². The second kappa shape index (κ2) is 5.87. The van der Waals surface area contributed by atoms with E-state index >= 15 is 0 Å². The number of nitrogens with zero attached hydrogens (tertiary/aromatic N) is 1. The van der Waals surface area contributed by atoms with Gasteiger partial charge in [-0.3, -0.25) is 25.0 Å². The van der Waals surface area contributed by atoms with Crippen LogP contribution in [0.2, 0.25) is 0 Å². The first kappa shape index (κ1) is 14.3. The molecule has 2 amide bonds. The molecule has 0 bridgehead atoms. The fourth-order valence-corrected chi connectivity index (χ4v) is 1.65. The van der Waals surface area contributed by atoms with Gasteiger partial charge in [0.15, 0.2) is 0 Å². The lowest BCUT2D eigenvalue weighted by molar-refractivity contribution is -0.401. The quantitative estimate of drug-likeness (QED) is 0.662. The van der Waals surface area contributed by atoms with E-state index in [0.29, 0.717) is 5.69 Å². The van der Waals surface area contributed by atoms with Gasteiger partial charge in [0.05, 0.1) is 17.3 Å². The molecule has 8 heteroatoms. The summed E-state index contributed by atoms with van der Waals surface area (Å²) >= 11 is 0. The van der Waals surface area contributed by atoms with Gasteiger partial charge in [0.25, 0.3) is 5.91 Å². The van der Waals surface area contributed by atoms with Crippen molar-refractivity contribution in [3.63, 3.8) is 0 Å². The third kappa shape index (κ3) is 3.44. The number of rotatable bonds is 4. The number of carbonyl (C=O) groups excluding carboxylic acids is 2. The van der Waals surface area contributed by atoms with E-state index in [1.807, 2.05) is 0 Å². The SMILES string of the molecule is CC(=O)Nc1ccccc1C(=O)Nc1ccc([N+](=O)[O-])o1. The van der Waals surface area contributed by atoms with Gasteiger partial charge in [-0.25, -0.2) is 0 Å². The van der Waals surface area contributed by atoms with Crippen LogP contribution in [0.1, 0.15) is 17.3 Å². The van der Waals surface area contributed by atoms with Gasteiger partial charge < -0.3 is 9.73 Å². The van der Waals surface area contributed by atoms with Gasteiger partial charge >= 0.3 is 5.88 Å². The maximum Gasteiger partial charge on any atom is 0.434 e. The zero-order valence-electron chi connectivity index (χ0n) is 11.0. The molecule has 0 aliphatic carbocycles. The van der Waals surface area contributed by atoms with Gasteiger partial charge in [-0.1, -0.05) is 12.1 Å². The topological polar surface area (TPSA) is 114 Å². The molecule has 8 nitrogen and oxygen atoms in total. The number of furan rings is 1. The molecule has 0 aliphatic heterocycles. The molecule has 1 aromatic carbocycles. The molecule has 21 heavy (non-hydrogen) atoms. The normalized spacial score (nSPS) is 9.95. The van der Waals surface area contributed by atoms with Gasteiger partial charge in [-0.2, -0.15) is 0 Å². The molecule has 2 aromatic rings. The molecule has 0 fully saturated rings. The zero-order valence-corrected chi connectivity index (χ0v) is 11.0. The lowest BCUT2D eigenvalue weighted by Gasteiger charge is -2.08. The van der Waals surface area contributed by atoms with Crippen molar-refractivity contribution in [1.29, 1.82) is 0 Å². The average Bonchev–Trinajstić information content (AvgIpc) is 2.87. The van der Waals surface area contributed by atoms with Crippen LogP contribution < -0.4 is 10.6 Å². The third-order valence-electron chi connectivity index (χ3n) is 2.49.